The second kappa shape index (κ2) is 9.72. The van der Waals surface area contributed by atoms with Crippen LogP contribution < -0.4 is 10.1 Å². The fourth-order valence-corrected chi connectivity index (χ4v) is 2.62. The average Bonchev–Trinajstić information content (AvgIpc) is 2.48. The van der Waals surface area contributed by atoms with Gasteiger partial charge in [-0.3, -0.25) is 0 Å². The summed E-state index contributed by atoms with van der Waals surface area (Å²) in [5, 5.41) is 3.33. The van der Waals surface area contributed by atoms with E-state index in [4.69, 9.17) is 0 Å². The maximum atomic E-state index is 12.1. The van der Waals surface area contributed by atoms with E-state index in [0.29, 0.717) is 5.92 Å². The van der Waals surface area contributed by atoms with E-state index >= 15 is 0 Å². The molecule has 0 radical (unpaired) electrons. The third-order valence-electron chi connectivity index (χ3n) is 3.97. The Hall–Kier alpha value is -1.16. The molecule has 0 saturated carbocycles. The fraction of sp³-hybridized carbons (Fsp3) is 0.647. The van der Waals surface area contributed by atoms with Crippen molar-refractivity contribution in [2.75, 3.05) is 7.05 Å². The largest absolute Gasteiger partial charge is 0.435 e. The van der Waals surface area contributed by atoms with E-state index in [0.717, 1.165) is 12.0 Å². The molecule has 0 aromatic heterocycles. The molecule has 1 aromatic carbocycles. The summed E-state index contributed by atoms with van der Waals surface area (Å²) in [5.41, 5.74) is 1.12. The number of benzene rings is 1. The lowest BCUT2D eigenvalue weighted by Crippen LogP contribution is -2.20. The van der Waals surface area contributed by atoms with E-state index in [9.17, 15) is 8.78 Å². The van der Waals surface area contributed by atoms with Gasteiger partial charge >= 0.3 is 6.61 Å². The molecule has 1 aromatic rings. The highest BCUT2D eigenvalue weighted by atomic mass is 19.3. The van der Waals surface area contributed by atoms with Crippen LogP contribution in [-0.4, -0.2) is 13.7 Å². The molecular formula is C17H27F2NO. The first-order valence-electron chi connectivity index (χ1n) is 7.82. The molecule has 4 heteroatoms. The molecule has 2 unspecified atom stereocenters. The van der Waals surface area contributed by atoms with Crippen LogP contribution >= 0.6 is 0 Å². The van der Waals surface area contributed by atoms with Crippen LogP contribution in [0.25, 0.3) is 0 Å². The second-order valence-electron chi connectivity index (χ2n) is 5.44. The number of rotatable bonds is 10. The lowest BCUT2D eigenvalue weighted by molar-refractivity contribution is -0.0498. The normalized spacial score (nSPS) is 14.2. The maximum Gasteiger partial charge on any atom is 0.387 e. The minimum absolute atomic E-state index is 0.210. The van der Waals surface area contributed by atoms with Crippen molar-refractivity contribution < 1.29 is 13.5 Å². The SMILES string of the molecule is CCCCC(CC)CC(NC)c1ccc(OC(F)F)cc1. The van der Waals surface area contributed by atoms with Gasteiger partial charge in [0.1, 0.15) is 5.75 Å². The van der Waals surface area contributed by atoms with Gasteiger partial charge in [0.05, 0.1) is 0 Å². The Morgan fingerprint density at radius 3 is 2.29 bits per heavy atom. The van der Waals surface area contributed by atoms with Crippen LogP contribution in [-0.2, 0) is 0 Å². The van der Waals surface area contributed by atoms with Crippen LogP contribution in [0.4, 0.5) is 8.78 Å². The number of hydrogen-bond donors (Lipinski definition) is 1. The molecule has 0 bridgehead atoms. The zero-order valence-corrected chi connectivity index (χ0v) is 13.2. The first-order valence-corrected chi connectivity index (χ1v) is 7.82. The van der Waals surface area contributed by atoms with Gasteiger partial charge in [0.25, 0.3) is 0 Å². The summed E-state index contributed by atoms with van der Waals surface area (Å²) in [6.45, 7) is 1.67. The average molecular weight is 299 g/mol. The van der Waals surface area contributed by atoms with E-state index in [1.165, 1.54) is 25.7 Å². The molecule has 0 aliphatic rings. The van der Waals surface area contributed by atoms with Gasteiger partial charge in [0.2, 0.25) is 0 Å². The molecule has 21 heavy (non-hydrogen) atoms. The third-order valence-corrected chi connectivity index (χ3v) is 3.97. The van der Waals surface area contributed by atoms with Crippen molar-refractivity contribution in [2.24, 2.45) is 5.92 Å². The number of hydrogen-bond acceptors (Lipinski definition) is 2. The minimum atomic E-state index is -2.77. The van der Waals surface area contributed by atoms with Gasteiger partial charge in [-0.25, -0.2) is 0 Å². The highest BCUT2D eigenvalue weighted by Gasteiger charge is 2.15. The quantitative estimate of drug-likeness (QED) is 0.644. The summed E-state index contributed by atoms with van der Waals surface area (Å²) in [6.07, 6.45) is 5.97. The van der Waals surface area contributed by atoms with E-state index in [2.05, 4.69) is 23.9 Å². The van der Waals surface area contributed by atoms with Gasteiger partial charge in [-0.2, -0.15) is 8.78 Å². The van der Waals surface area contributed by atoms with Crippen molar-refractivity contribution in [1.29, 1.82) is 0 Å². The van der Waals surface area contributed by atoms with Gasteiger partial charge in [-0.15, -0.1) is 0 Å². The number of alkyl halides is 2. The van der Waals surface area contributed by atoms with Crippen molar-refractivity contribution in [3.63, 3.8) is 0 Å². The van der Waals surface area contributed by atoms with Crippen molar-refractivity contribution in [1.82, 2.24) is 5.32 Å². The zero-order valence-electron chi connectivity index (χ0n) is 13.2. The summed E-state index contributed by atoms with van der Waals surface area (Å²) < 4.78 is 28.7. The topological polar surface area (TPSA) is 21.3 Å². The van der Waals surface area contributed by atoms with Crippen LogP contribution in [0.1, 0.15) is 57.6 Å². The number of nitrogens with one attached hydrogen (secondary N) is 1. The molecule has 0 saturated heterocycles. The molecule has 1 N–H and O–H groups in total. The molecule has 0 amide bonds. The Morgan fingerprint density at radius 1 is 1.14 bits per heavy atom. The Kier molecular flexibility index (Phi) is 8.28. The Morgan fingerprint density at radius 2 is 1.81 bits per heavy atom. The standard InChI is InChI=1S/C17H27F2NO/c1-4-6-7-13(5-2)12-16(20-3)14-8-10-15(11-9-14)21-17(18)19/h8-11,13,16-17,20H,4-7,12H2,1-3H3. The van der Waals surface area contributed by atoms with Crippen molar-refractivity contribution in [2.45, 2.75) is 58.6 Å². The van der Waals surface area contributed by atoms with Gasteiger partial charge < -0.3 is 10.1 Å². The molecule has 120 valence electrons. The molecule has 0 aliphatic carbocycles. The summed E-state index contributed by atoms with van der Waals surface area (Å²) in [4.78, 5) is 0. The van der Waals surface area contributed by atoms with E-state index in [1.807, 2.05) is 19.2 Å². The van der Waals surface area contributed by atoms with Crippen molar-refractivity contribution >= 4 is 0 Å². The van der Waals surface area contributed by atoms with E-state index in [1.54, 1.807) is 12.1 Å². The molecular weight excluding hydrogens is 272 g/mol. The molecule has 0 heterocycles. The van der Waals surface area contributed by atoms with Crippen molar-refractivity contribution in [3.8, 4) is 5.75 Å². The summed E-state index contributed by atoms with van der Waals surface area (Å²) in [5.74, 6) is 0.904. The van der Waals surface area contributed by atoms with Gasteiger partial charge in [-0.05, 0) is 37.1 Å². The third kappa shape index (κ3) is 6.42. The van der Waals surface area contributed by atoms with Crippen molar-refractivity contribution in [3.05, 3.63) is 29.8 Å². The Balaban J connectivity index is 2.65. The Labute approximate surface area is 126 Å². The van der Waals surface area contributed by atoms with E-state index < -0.39 is 6.61 Å². The van der Waals surface area contributed by atoms with Crippen LogP contribution in [0.5, 0.6) is 5.75 Å². The van der Waals surface area contributed by atoms with Crippen LogP contribution in [0.2, 0.25) is 0 Å². The molecule has 2 nitrogen and oxygen atoms in total. The zero-order chi connectivity index (χ0) is 15.7. The minimum Gasteiger partial charge on any atom is -0.435 e. The van der Waals surface area contributed by atoms with Crippen LogP contribution in [0.3, 0.4) is 0 Å². The molecule has 2 atom stereocenters. The summed E-state index contributed by atoms with van der Waals surface area (Å²) >= 11 is 0. The fourth-order valence-electron chi connectivity index (χ4n) is 2.62. The number of ether oxygens (including phenoxy) is 1. The van der Waals surface area contributed by atoms with Gasteiger partial charge in [0, 0.05) is 6.04 Å². The summed E-state index contributed by atoms with van der Waals surface area (Å²) in [6, 6.07) is 7.21. The van der Waals surface area contributed by atoms with Gasteiger partial charge in [-0.1, -0.05) is 51.7 Å². The highest BCUT2D eigenvalue weighted by Crippen LogP contribution is 2.27. The predicted octanol–water partition coefficient (Wildman–Crippen LogP) is 5.16. The summed E-state index contributed by atoms with van der Waals surface area (Å²) in [7, 11) is 1.95. The predicted molar refractivity (Wildman–Crippen MR) is 82.8 cm³/mol. The van der Waals surface area contributed by atoms with E-state index in [-0.39, 0.29) is 11.8 Å². The first-order chi connectivity index (χ1) is 10.1. The molecule has 0 aliphatic heterocycles. The van der Waals surface area contributed by atoms with Crippen LogP contribution in [0, 0.1) is 5.92 Å². The maximum absolute atomic E-state index is 12.1. The van der Waals surface area contributed by atoms with Gasteiger partial charge in [0.15, 0.2) is 0 Å². The first kappa shape index (κ1) is 17.9. The lowest BCUT2D eigenvalue weighted by Gasteiger charge is -2.23. The monoisotopic (exact) mass is 299 g/mol. The highest BCUT2D eigenvalue weighted by molar-refractivity contribution is 5.29. The smallest absolute Gasteiger partial charge is 0.387 e. The number of unbranched alkanes of at least 4 members (excludes halogenated alkanes) is 1. The lowest BCUT2D eigenvalue weighted by atomic mass is 9.89. The second-order valence-corrected chi connectivity index (χ2v) is 5.44. The van der Waals surface area contributed by atoms with Crippen LogP contribution in [0.15, 0.2) is 24.3 Å². The number of halogens is 2. The molecule has 0 fully saturated rings. The molecule has 0 spiro atoms. The Bertz CT molecular complexity index is 381. The molecule has 1 rings (SSSR count).